The molecule has 1 fully saturated rings. The molecule has 0 amide bonds. The molecule has 0 radical (unpaired) electrons. The van der Waals surface area contributed by atoms with Crippen molar-refractivity contribution >= 4 is 11.0 Å². The van der Waals surface area contributed by atoms with Gasteiger partial charge >= 0.3 is 0 Å². The number of hydrogen-bond donors (Lipinski definition) is 0. The van der Waals surface area contributed by atoms with E-state index in [1.165, 1.54) is 19.3 Å². The third-order valence-corrected chi connectivity index (χ3v) is 4.97. The molecule has 0 aliphatic heterocycles. The Morgan fingerprint density at radius 1 is 1.13 bits per heavy atom. The SMILES string of the molecule is Cn1c(C2CCCCC2)cc2onc(-c3ccccc3)c2c1=O. The highest BCUT2D eigenvalue weighted by molar-refractivity contribution is 5.90. The lowest BCUT2D eigenvalue weighted by atomic mass is 9.86. The molecular weight excluding hydrogens is 288 g/mol. The second-order valence-electron chi connectivity index (χ2n) is 6.40. The van der Waals surface area contributed by atoms with E-state index < -0.39 is 0 Å². The normalized spacial score (nSPS) is 16.0. The summed E-state index contributed by atoms with van der Waals surface area (Å²) in [5.41, 5.74) is 3.22. The van der Waals surface area contributed by atoms with E-state index in [9.17, 15) is 4.79 Å². The summed E-state index contributed by atoms with van der Waals surface area (Å²) in [4.78, 5) is 12.9. The molecule has 0 atom stereocenters. The molecule has 2 heterocycles. The van der Waals surface area contributed by atoms with Gasteiger partial charge in [-0.3, -0.25) is 4.79 Å². The van der Waals surface area contributed by atoms with Crippen LogP contribution in [0.1, 0.15) is 43.7 Å². The van der Waals surface area contributed by atoms with Gasteiger partial charge in [0, 0.05) is 24.4 Å². The van der Waals surface area contributed by atoms with Gasteiger partial charge < -0.3 is 9.09 Å². The van der Waals surface area contributed by atoms with Gasteiger partial charge in [-0.15, -0.1) is 0 Å². The first-order valence-electron chi connectivity index (χ1n) is 8.30. The van der Waals surface area contributed by atoms with Crippen molar-refractivity contribution in [1.29, 1.82) is 0 Å². The maximum absolute atomic E-state index is 12.9. The molecule has 23 heavy (non-hydrogen) atoms. The Hall–Kier alpha value is -2.36. The molecule has 0 bridgehead atoms. The third-order valence-electron chi connectivity index (χ3n) is 4.97. The van der Waals surface area contributed by atoms with Crippen LogP contribution in [0.3, 0.4) is 0 Å². The highest BCUT2D eigenvalue weighted by Crippen LogP contribution is 2.34. The van der Waals surface area contributed by atoms with Crippen molar-refractivity contribution in [2.24, 2.45) is 7.05 Å². The Morgan fingerprint density at radius 3 is 2.61 bits per heavy atom. The Balaban J connectivity index is 1.89. The van der Waals surface area contributed by atoms with Crippen LogP contribution in [0.2, 0.25) is 0 Å². The van der Waals surface area contributed by atoms with Crippen molar-refractivity contribution in [1.82, 2.24) is 9.72 Å². The molecule has 3 aromatic rings. The fraction of sp³-hybridized carbons (Fsp3) is 0.368. The van der Waals surface area contributed by atoms with E-state index in [-0.39, 0.29) is 5.56 Å². The fourth-order valence-electron chi connectivity index (χ4n) is 3.71. The first-order valence-corrected chi connectivity index (χ1v) is 8.30. The molecule has 1 aliphatic carbocycles. The first-order chi connectivity index (χ1) is 11.3. The van der Waals surface area contributed by atoms with E-state index in [1.54, 1.807) is 4.57 Å². The second kappa shape index (κ2) is 5.69. The molecule has 1 aliphatic rings. The minimum Gasteiger partial charge on any atom is -0.355 e. The lowest BCUT2D eigenvalue weighted by Gasteiger charge is -2.23. The zero-order valence-electron chi connectivity index (χ0n) is 13.3. The molecule has 2 aromatic heterocycles. The molecular formula is C19H20N2O2. The Kier molecular flexibility index (Phi) is 3.52. The zero-order chi connectivity index (χ0) is 15.8. The summed E-state index contributed by atoms with van der Waals surface area (Å²) in [6.07, 6.45) is 6.08. The standard InChI is InChI=1S/C19H20N2O2/c1-21-15(13-8-4-2-5-9-13)12-16-17(19(21)22)18(20-23-16)14-10-6-3-7-11-14/h3,6-7,10-13H,2,4-5,8-9H2,1H3. The molecule has 4 nitrogen and oxygen atoms in total. The van der Waals surface area contributed by atoms with Crippen LogP contribution in [0.4, 0.5) is 0 Å². The molecule has 4 rings (SSSR count). The summed E-state index contributed by atoms with van der Waals surface area (Å²) in [6, 6.07) is 11.8. The van der Waals surface area contributed by atoms with Gasteiger partial charge in [-0.1, -0.05) is 54.8 Å². The molecule has 118 valence electrons. The lowest BCUT2D eigenvalue weighted by Crippen LogP contribution is -2.23. The van der Waals surface area contributed by atoms with Crippen LogP contribution in [0.15, 0.2) is 45.7 Å². The Morgan fingerprint density at radius 2 is 1.87 bits per heavy atom. The van der Waals surface area contributed by atoms with Gasteiger partial charge in [-0.25, -0.2) is 0 Å². The molecule has 0 N–H and O–H groups in total. The highest BCUT2D eigenvalue weighted by atomic mass is 16.5. The summed E-state index contributed by atoms with van der Waals surface area (Å²) in [6.45, 7) is 0. The maximum atomic E-state index is 12.9. The number of fused-ring (bicyclic) bond motifs is 1. The monoisotopic (exact) mass is 308 g/mol. The predicted molar refractivity (Wildman–Crippen MR) is 90.5 cm³/mol. The van der Waals surface area contributed by atoms with E-state index in [2.05, 4.69) is 5.16 Å². The van der Waals surface area contributed by atoms with Gasteiger partial charge in [0.05, 0.1) is 0 Å². The molecule has 0 unspecified atom stereocenters. The van der Waals surface area contributed by atoms with Crippen LogP contribution >= 0.6 is 0 Å². The van der Waals surface area contributed by atoms with Crippen molar-refractivity contribution in [3.05, 3.63) is 52.4 Å². The van der Waals surface area contributed by atoms with E-state index in [0.717, 1.165) is 24.1 Å². The minimum absolute atomic E-state index is 0.0109. The summed E-state index contributed by atoms with van der Waals surface area (Å²) in [5.74, 6) is 0.455. The van der Waals surface area contributed by atoms with Crippen molar-refractivity contribution in [3.63, 3.8) is 0 Å². The van der Waals surface area contributed by atoms with Crippen LogP contribution in [-0.4, -0.2) is 9.72 Å². The Bertz CT molecular complexity index is 887. The second-order valence-corrected chi connectivity index (χ2v) is 6.40. The van der Waals surface area contributed by atoms with Gasteiger partial charge in [0.25, 0.3) is 5.56 Å². The number of aromatic nitrogens is 2. The van der Waals surface area contributed by atoms with E-state index in [4.69, 9.17) is 4.52 Å². The van der Waals surface area contributed by atoms with Crippen molar-refractivity contribution in [2.45, 2.75) is 38.0 Å². The number of hydrogen-bond acceptors (Lipinski definition) is 3. The quantitative estimate of drug-likeness (QED) is 0.711. The molecule has 0 saturated heterocycles. The molecule has 0 spiro atoms. The maximum Gasteiger partial charge on any atom is 0.264 e. The minimum atomic E-state index is -0.0109. The number of nitrogens with zero attached hydrogens (tertiary/aromatic N) is 2. The van der Waals surface area contributed by atoms with Crippen molar-refractivity contribution in [3.8, 4) is 11.3 Å². The summed E-state index contributed by atoms with van der Waals surface area (Å²) < 4.78 is 7.30. The summed E-state index contributed by atoms with van der Waals surface area (Å²) in [7, 11) is 1.87. The predicted octanol–water partition coefficient (Wildman–Crippen LogP) is 4.24. The van der Waals surface area contributed by atoms with Gasteiger partial charge in [0.2, 0.25) is 0 Å². The van der Waals surface area contributed by atoms with Crippen LogP contribution in [0.5, 0.6) is 0 Å². The van der Waals surface area contributed by atoms with Crippen LogP contribution in [-0.2, 0) is 7.05 Å². The smallest absolute Gasteiger partial charge is 0.264 e. The zero-order valence-corrected chi connectivity index (χ0v) is 13.3. The van der Waals surface area contributed by atoms with Gasteiger partial charge in [0.15, 0.2) is 5.58 Å². The molecule has 1 aromatic carbocycles. The number of rotatable bonds is 2. The highest BCUT2D eigenvalue weighted by Gasteiger charge is 2.22. The van der Waals surface area contributed by atoms with E-state index in [0.29, 0.717) is 22.6 Å². The number of benzene rings is 1. The first kappa shape index (κ1) is 14.2. The van der Waals surface area contributed by atoms with Crippen molar-refractivity contribution in [2.75, 3.05) is 0 Å². The molecule has 4 heteroatoms. The van der Waals surface area contributed by atoms with Crippen LogP contribution in [0.25, 0.3) is 22.2 Å². The summed E-state index contributed by atoms with van der Waals surface area (Å²) in [5, 5.41) is 4.75. The van der Waals surface area contributed by atoms with Crippen LogP contribution in [0, 0.1) is 0 Å². The largest absolute Gasteiger partial charge is 0.355 e. The van der Waals surface area contributed by atoms with Gasteiger partial charge in [-0.05, 0) is 18.8 Å². The average Bonchev–Trinajstić information content (AvgIpc) is 3.04. The number of pyridine rings is 1. The van der Waals surface area contributed by atoms with E-state index in [1.807, 2.05) is 43.4 Å². The third kappa shape index (κ3) is 2.38. The van der Waals surface area contributed by atoms with Crippen LogP contribution < -0.4 is 5.56 Å². The van der Waals surface area contributed by atoms with Crippen molar-refractivity contribution < 1.29 is 4.52 Å². The Labute approximate surface area is 134 Å². The van der Waals surface area contributed by atoms with Gasteiger partial charge in [0.1, 0.15) is 11.1 Å². The topological polar surface area (TPSA) is 48.0 Å². The summed E-state index contributed by atoms with van der Waals surface area (Å²) >= 11 is 0. The lowest BCUT2D eigenvalue weighted by molar-refractivity contribution is 0.423. The fourth-order valence-corrected chi connectivity index (χ4v) is 3.71. The van der Waals surface area contributed by atoms with Gasteiger partial charge in [-0.2, -0.15) is 0 Å². The average molecular weight is 308 g/mol. The van der Waals surface area contributed by atoms with E-state index >= 15 is 0 Å². The molecule has 1 saturated carbocycles.